The van der Waals surface area contributed by atoms with Gasteiger partial charge in [-0.25, -0.2) is 0 Å². The largest absolute Gasteiger partial charge is 0.392 e. The van der Waals surface area contributed by atoms with Crippen molar-refractivity contribution < 1.29 is 9.90 Å². The second-order valence-electron chi connectivity index (χ2n) is 8.60. The fourth-order valence-corrected chi connectivity index (χ4v) is 5.21. The molecular formula is C22H33ClN2O2. The van der Waals surface area contributed by atoms with Crippen LogP contribution in [0.2, 0.25) is 5.02 Å². The number of aliphatic hydroxyl groups excluding tert-OH is 1. The Bertz CT molecular complexity index is 639. The van der Waals surface area contributed by atoms with Gasteiger partial charge in [0.1, 0.15) is 0 Å². The molecule has 0 unspecified atom stereocenters. The third-order valence-corrected chi connectivity index (χ3v) is 6.80. The number of fused-ring (bicyclic) bond motifs is 2. The van der Waals surface area contributed by atoms with Gasteiger partial charge in [-0.1, -0.05) is 43.4 Å². The Balaban J connectivity index is 1.59. The van der Waals surface area contributed by atoms with E-state index in [1.165, 1.54) is 44.9 Å². The number of carbonyl (C=O) groups is 1. The van der Waals surface area contributed by atoms with E-state index in [0.717, 1.165) is 24.4 Å². The standard InChI is InChI=1S/C22H33ClN2O2/c1-24-14-18(26)8-6-16-7-9-20(23)19(12-16)21(27)25-15-22-10-2-4-17(13-22)5-3-11-22/h7,9,12,17-18,24,26H,2-6,8,10-11,13-15H2,1H3,(H,25,27)/t17?,18-,22?/m0/s1. The van der Waals surface area contributed by atoms with Gasteiger partial charge in [0, 0.05) is 13.1 Å². The van der Waals surface area contributed by atoms with E-state index >= 15 is 0 Å². The molecule has 3 rings (SSSR count). The molecule has 0 aromatic heterocycles. The normalized spacial score (nSPS) is 25.8. The van der Waals surface area contributed by atoms with Gasteiger partial charge in [-0.3, -0.25) is 4.79 Å². The molecule has 1 aromatic carbocycles. The number of halogens is 1. The summed E-state index contributed by atoms with van der Waals surface area (Å²) >= 11 is 6.31. The Morgan fingerprint density at radius 2 is 2.07 bits per heavy atom. The van der Waals surface area contributed by atoms with Crippen LogP contribution in [0.5, 0.6) is 0 Å². The minimum Gasteiger partial charge on any atom is -0.392 e. The summed E-state index contributed by atoms with van der Waals surface area (Å²) in [7, 11) is 1.83. The van der Waals surface area contributed by atoms with Crippen LogP contribution in [-0.2, 0) is 6.42 Å². The molecule has 3 N–H and O–H groups in total. The van der Waals surface area contributed by atoms with Crippen LogP contribution in [0.15, 0.2) is 18.2 Å². The van der Waals surface area contributed by atoms with Gasteiger partial charge < -0.3 is 15.7 Å². The van der Waals surface area contributed by atoms with Crippen molar-refractivity contribution in [3.63, 3.8) is 0 Å². The highest BCUT2D eigenvalue weighted by atomic mass is 35.5. The molecule has 0 heterocycles. The first-order valence-corrected chi connectivity index (χ1v) is 10.8. The molecule has 1 amide bonds. The van der Waals surface area contributed by atoms with Crippen LogP contribution in [0.1, 0.15) is 67.3 Å². The first kappa shape index (κ1) is 20.6. The molecular weight excluding hydrogens is 360 g/mol. The molecule has 4 nitrogen and oxygen atoms in total. The second kappa shape index (κ2) is 9.40. The number of rotatable bonds is 8. The van der Waals surface area contributed by atoms with E-state index in [4.69, 9.17) is 11.6 Å². The van der Waals surface area contributed by atoms with Gasteiger partial charge in [0.2, 0.25) is 0 Å². The summed E-state index contributed by atoms with van der Waals surface area (Å²) in [5.41, 5.74) is 1.89. The van der Waals surface area contributed by atoms with E-state index in [-0.39, 0.29) is 12.0 Å². The average molecular weight is 393 g/mol. The highest BCUT2D eigenvalue weighted by Crippen LogP contribution is 2.48. The molecule has 27 heavy (non-hydrogen) atoms. The van der Waals surface area contributed by atoms with Crippen LogP contribution < -0.4 is 10.6 Å². The fourth-order valence-electron chi connectivity index (χ4n) is 5.01. The molecule has 2 saturated carbocycles. The molecule has 1 atom stereocenters. The highest BCUT2D eigenvalue weighted by molar-refractivity contribution is 6.33. The Kier molecular flexibility index (Phi) is 7.18. The van der Waals surface area contributed by atoms with Crippen LogP contribution in [0.4, 0.5) is 0 Å². The third-order valence-electron chi connectivity index (χ3n) is 6.47. The molecule has 0 radical (unpaired) electrons. The molecule has 5 heteroatoms. The van der Waals surface area contributed by atoms with Gasteiger partial charge in [0.05, 0.1) is 16.7 Å². The number of hydrogen-bond donors (Lipinski definition) is 3. The monoisotopic (exact) mass is 392 g/mol. The number of carbonyl (C=O) groups excluding carboxylic acids is 1. The number of likely N-dealkylation sites (N-methyl/N-ethyl adjacent to an activating group) is 1. The van der Waals surface area contributed by atoms with Crippen molar-refractivity contribution in [2.24, 2.45) is 11.3 Å². The molecule has 0 saturated heterocycles. The maximum atomic E-state index is 12.8. The Morgan fingerprint density at radius 3 is 2.78 bits per heavy atom. The maximum Gasteiger partial charge on any atom is 0.252 e. The van der Waals surface area contributed by atoms with E-state index in [2.05, 4.69) is 10.6 Å². The fraction of sp³-hybridized carbons (Fsp3) is 0.682. The lowest BCUT2D eigenvalue weighted by molar-refractivity contribution is 0.0681. The number of hydrogen-bond acceptors (Lipinski definition) is 3. The zero-order valence-corrected chi connectivity index (χ0v) is 17.2. The van der Waals surface area contributed by atoms with Gasteiger partial charge in [0.25, 0.3) is 5.91 Å². The summed E-state index contributed by atoms with van der Waals surface area (Å²) in [6.07, 6.45) is 10.1. The van der Waals surface area contributed by atoms with Gasteiger partial charge >= 0.3 is 0 Å². The van der Waals surface area contributed by atoms with Gasteiger partial charge in [-0.05, 0) is 68.2 Å². The van der Waals surface area contributed by atoms with E-state index in [9.17, 15) is 9.90 Å². The van der Waals surface area contributed by atoms with Crippen molar-refractivity contribution >= 4 is 17.5 Å². The quantitative estimate of drug-likeness (QED) is 0.627. The second-order valence-corrected chi connectivity index (χ2v) is 9.01. The van der Waals surface area contributed by atoms with Crippen LogP contribution in [0.25, 0.3) is 0 Å². The van der Waals surface area contributed by atoms with Crippen molar-refractivity contribution in [3.05, 3.63) is 34.3 Å². The molecule has 0 aliphatic heterocycles. The summed E-state index contributed by atoms with van der Waals surface area (Å²) in [6, 6.07) is 5.62. The van der Waals surface area contributed by atoms with Crippen molar-refractivity contribution in [1.82, 2.24) is 10.6 Å². The molecule has 2 aliphatic carbocycles. The lowest BCUT2D eigenvalue weighted by Gasteiger charge is -2.45. The summed E-state index contributed by atoms with van der Waals surface area (Å²) in [5.74, 6) is 0.792. The van der Waals surface area contributed by atoms with E-state index < -0.39 is 0 Å². The third kappa shape index (κ3) is 5.46. The van der Waals surface area contributed by atoms with Crippen molar-refractivity contribution in [1.29, 1.82) is 0 Å². The summed E-state index contributed by atoms with van der Waals surface area (Å²) in [6.45, 7) is 1.34. The van der Waals surface area contributed by atoms with Crippen LogP contribution in [0.3, 0.4) is 0 Å². The smallest absolute Gasteiger partial charge is 0.252 e. The van der Waals surface area contributed by atoms with Gasteiger partial charge in [-0.2, -0.15) is 0 Å². The number of benzene rings is 1. The summed E-state index contributed by atoms with van der Waals surface area (Å²) < 4.78 is 0. The molecule has 2 aliphatic rings. The SMILES string of the molecule is CNC[C@@H](O)CCc1ccc(Cl)c(C(=O)NCC23CCCC(CCC2)C3)c1. The van der Waals surface area contributed by atoms with Crippen molar-refractivity contribution in [2.45, 2.75) is 63.9 Å². The molecule has 1 aromatic rings. The predicted molar refractivity (Wildman–Crippen MR) is 110 cm³/mol. The summed E-state index contributed by atoms with van der Waals surface area (Å²) in [5, 5.41) is 16.5. The molecule has 0 spiro atoms. The lowest BCUT2D eigenvalue weighted by Crippen LogP contribution is -2.43. The van der Waals surface area contributed by atoms with Crippen LogP contribution in [-0.4, -0.2) is 37.3 Å². The van der Waals surface area contributed by atoms with Gasteiger partial charge in [-0.15, -0.1) is 0 Å². The van der Waals surface area contributed by atoms with Crippen LogP contribution >= 0.6 is 11.6 Å². The zero-order valence-electron chi connectivity index (χ0n) is 16.4. The first-order valence-electron chi connectivity index (χ1n) is 10.4. The highest BCUT2D eigenvalue weighted by Gasteiger charge is 2.39. The number of nitrogens with one attached hydrogen (secondary N) is 2. The molecule has 150 valence electrons. The average Bonchev–Trinajstić information content (AvgIpc) is 2.66. The Morgan fingerprint density at radius 1 is 1.33 bits per heavy atom. The molecule has 2 bridgehead atoms. The first-order chi connectivity index (χ1) is 13.0. The topological polar surface area (TPSA) is 61.4 Å². The zero-order chi connectivity index (χ0) is 19.3. The minimum atomic E-state index is -0.382. The van der Waals surface area contributed by atoms with Crippen molar-refractivity contribution in [3.8, 4) is 0 Å². The lowest BCUT2D eigenvalue weighted by atomic mass is 9.62. The number of aryl methyl sites for hydroxylation is 1. The summed E-state index contributed by atoms with van der Waals surface area (Å²) in [4.78, 5) is 12.8. The number of aliphatic hydroxyl groups is 1. The minimum absolute atomic E-state index is 0.0697. The molecule has 2 fully saturated rings. The van der Waals surface area contributed by atoms with E-state index in [1.54, 1.807) is 6.07 Å². The Labute approximate surface area is 168 Å². The van der Waals surface area contributed by atoms with Crippen LogP contribution in [0, 0.1) is 11.3 Å². The Hall–Kier alpha value is -1.10. The van der Waals surface area contributed by atoms with Gasteiger partial charge in [0.15, 0.2) is 0 Å². The number of amides is 1. The van der Waals surface area contributed by atoms with E-state index in [0.29, 0.717) is 29.0 Å². The predicted octanol–water partition coefficient (Wildman–Crippen LogP) is 3.94. The van der Waals surface area contributed by atoms with E-state index in [1.807, 2.05) is 19.2 Å². The van der Waals surface area contributed by atoms with Crippen molar-refractivity contribution in [2.75, 3.05) is 20.1 Å². The maximum absolute atomic E-state index is 12.8.